The molecule has 0 nitrogen and oxygen atoms in total. The zero-order valence-corrected chi connectivity index (χ0v) is 4.74. The van der Waals surface area contributed by atoms with E-state index in [0.29, 0.717) is 0 Å². The second-order valence-corrected chi connectivity index (χ2v) is 2.31. The molecule has 0 spiro atoms. The number of rotatable bonds is 0. The Labute approximate surface area is 46.0 Å². The molecule has 0 radical (unpaired) electrons. The molecule has 0 heterocycles. The molecule has 1 fully saturated rings. The van der Waals surface area contributed by atoms with E-state index in [0.717, 1.165) is 0 Å². The third kappa shape index (κ3) is 1.46. The molecule has 0 aromatic heterocycles. The van der Waals surface area contributed by atoms with Crippen molar-refractivity contribution in [1.29, 1.82) is 0 Å². The maximum atomic E-state index is 3.91. The molecular weight excluding hydrogens is 82.9 g/mol. The molecule has 0 amide bonds. The Balaban J connectivity index is 2.25. The van der Waals surface area contributed by atoms with E-state index in [1.807, 2.05) is 0 Å². The molecule has 0 aromatic rings. The van der Waals surface area contributed by atoms with E-state index >= 15 is 0 Å². The van der Waals surface area contributed by atoms with Crippen LogP contribution in [0.3, 0.4) is 0 Å². The first kappa shape index (κ1) is 5.08. The van der Waals surface area contributed by atoms with Crippen molar-refractivity contribution in [2.45, 2.75) is 32.1 Å². The summed E-state index contributed by atoms with van der Waals surface area (Å²) in [5, 5.41) is 0. The Morgan fingerprint density at radius 2 is 1.57 bits per heavy atom. The Morgan fingerprint density at radius 3 is 1.86 bits per heavy atom. The quantitative estimate of drug-likeness (QED) is 0.393. The molecule has 1 aliphatic rings. The first-order chi connectivity index (χ1) is 3.39. The van der Waals surface area contributed by atoms with Gasteiger partial charge in [-0.15, -0.1) is 0 Å². The second-order valence-electron chi connectivity index (χ2n) is 2.31. The Morgan fingerprint density at radius 1 is 1.00 bits per heavy atom. The van der Waals surface area contributed by atoms with Crippen molar-refractivity contribution in [2.24, 2.45) is 0 Å². The Hall–Kier alpha value is -0.0651. The van der Waals surface area contributed by atoms with Gasteiger partial charge in [0.05, 0.1) is 0 Å². The van der Waals surface area contributed by atoms with Gasteiger partial charge < -0.3 is 0 Å². The van der Waals surface area contributed by atoms with E-state index in [-0.39, 0.29) is 0 Å². The van der Waals surface area contributed by atoms with Gasteiger partial charge >= 0.3 is 45.1 Å². The van der Waals surface area contributed by atoms with Gasteiger partial charge in [-0.25, -0.2) is 0 Å². The van der Waals surface area contributed by atoms with Crippen molar-refractivity contribution in [3.05, 3.63) is 0 Å². The molecule has 1 heteroatoms. The summed E-state index contributed by atoms with van der Waals surface area (Å²) in [6.45, 7) is 0. The van der Waals surface area contributed by atoms with Crippen LogP contribution in [-0.4, -0.2) is 13.0 Å². The second kappa shape index (κ2) is 2.30. The summed E-state index contributed by atoms with van der Waals surface area (Å²) in [6, 6.07) is 0. The standard InChI is InChI=1S/C6H11B/c7-6-4-2-1-3-5-6/h7H,1-5H2. The average Bonchev–Trinajstić information content (AvgIpc) is 1.69. The van der Waals surface area contributed by atoms with Crippen LogP contribution in [0, 0.1) is 0 Å². The van der Waals surface area contributed by atoms with Crippen LogP contribution >= 0.6 is 0 Å². The zero-order chi connectivity index (χ0) is 5.11. The molecule has 0 aromatic carbocycles. The molecule has 1 aliphatic carbocycles. The van der Waals surface area contributed by atoms with E-state index in [1.54, 1.807) is 0 Å². The fourth-order valence-corrected chi connectivity index (χ4v) is 1.05. The molecule has 0 aliphatic heterocycles. The summed E-state index contributed by atoms with van der Waals surface area (Å²) in [5.74, 6) is 0. The summed E-state index contributed by atoms with van der Waals surface area (Å²) in [6.07, 6.45) is 6.79. The summed E-state index contributed by atoms with van der Waals surface area (Å²) in [7, 11) is 3.91. The van der Waals surface area contributed by atoms with Gasteiger partial charge in [-0.2, -0.15) is 0 Å². The molecule has 1 rings (SSSR count). The Kier molecular flexibility index (Phi) is 1.67. The van der Waals surface area contributed by atoms with Crippen LogP contribution in [0.15, 0.2) is 0 Å². The SMILES string of the molecule is B=C1CCCCC1. The fourth-order valence-electron chi connectivity index (χ4n) is 1.05. The summed E-state index contributed by atoms with van der Waals surface area (Å²) in [5.41, 5.74) is 1.46. The Bertz CT molecular complexity index is 68.2. The molecule has 0 saturated heterocycles. The van der Waals surface area contributed by atoms with E-state index in [1.165, 1.54) is 37.6 Å². The molecule has 38 valence electrons. The van der Waals surface area contributed by atoms with Crippen molar-refractivity contribution in [1.82, 2.24) is 0 Å². The van der Waals surface area contributed by atoms with E-state index in [2.05, 4.69) is 7.49 Å². The van der Waals surface area contributed by atoms with Gasteiger partial charge in [0.25, 0.3) is 0 Å². The van der Waals surface area contributed by atoms with Crippen molar-refractivity contribution in [3.8, 4) is 0 Å². The van der Waals surface area contributed by atoms with Crippen LogP contribution < -0.4 is 0 Å². The number of hydrogen-bond acceptors (Lipinski definition) is 0. The first-order valence-corrected chi connectivity index (χ1v) is 3.06. The monoisotopic (exact) mass is 94.1 g/mol. The van der Waals surface area contributed by atoms with Crippen LogP contribution in [-0.2, 0) is 0 Å². The van der Waals surface area contributed by atoms with Gasteiger partial charge in [-0.1, -0.05) is 0 Å². The van der Waals surface area contributed by atoms with Crippen molar-refractivity contribution >= 4 is 13.0 Å². The van der Waals surface area contributed by atoms with Crippen LogP contribution in [0.25, 0.3) is 0 Å². The van der Waals surface area contributed by atoms with Crippen molar-refractivity contribution < 1.29 is 0 Å². The van der Waals surface area contributed by atoms with E-state index < -0.39 is 0 Å². The average molecular weight is 94.0 g/mol. The van der Waals surface area contributed by atoms with Crippen molar-refractivity contribution in [3.63, 3.8) is 0 Å². The minimum absolute atomic E-state index is 1.29. The van der Waals surface area contributed by atoms with E-state index in [4.69, 9.17) is 0 Å². The normalized spacial score (nSPS) is 22.4. The molecular formula is C6H11B. The van der Waals surface area contributed by atoms with E-state index in [9.17, 15) is 0 Å². The van der Waals surface area contributed by atoms with Gasteiger partial charge in [0.2, 0.25) is 0 Å². The molecule has 1 saturated carbocycles. The van der Waals surface area contributed by atoms with Crippen LogP contribution in [0.1, 0.15) is 32.1 Å². The van der Waals surface area contributed by atoms with Gasteiger partial charge in [0.15, 0.2) is 0 Å². The van der Waals surface area contributed by atoms with Gasteiger partial charge in [0, 0.05) is 0 Å². The summed E-state index contributed by atoms with van der Waals surface area (Å²) in [4.78, 5) is 0. The van der Waals surface area contributed by atoms with Gasteiger partial charge in [-0.3, -0.25) is 0 Å². The molecule has 0 N–H and O–H groups in total. The van der Waals surface area contributed by atoms with Gasteiger partial charge in [-0.05, 0) is 0 Å². The topological polar surface area (TPSA) is 0 Å². The fraction of sp³-hybridized carbons (Fsp3) is 0.833. The summed E-state index contributed by atoms with van der Waals surface area (Å²) < 4.78 is 0. The zero-order valence-electron chi connectivity index (χ0n) is 4.74. The van der Waals surface area contributed by atoms with Crippen molar-refractivity contribution in [2.75, 3.05) is 0 Å². The number of hydrogen-bond donors (Lipinski definition) is 0. The predicted molar refractivity (Wildman–Crippen MR) is 35.2 cm³/mol. The maximum absolute atomic E-state index is 3.91. The summed E-state index contributed by atoms with van der Waals surface area (Å²) >= 11 is 0. The molecule has 0 unspecified atom stereocenters. The molecule has 0 bridgehead atoms. The molecule has 0 atom stereocenters. The van der Waals surface area contributed by atoms with Crippen LogP contribution in [0.5, 0.6) is 0 Å². The first-order valence-electron chi connectivity index (χ1n) is 3.06. The van der Waals surface area contributed by atoms with Gasteiger partial charge in [0.1, 0.15) is 0 Å². The van der Waals surface area contributed by atoms with Crippen LogP contribution in [0.4, 0.5) is 0 Å². The predicted octanol–water partition coefficient (Wildman–Crippen LogP) is 1.02. The molecule has 7 heavy (non-hydrogen) atoms. The van der Waals surface area contributed by atoms with Crippen LogP contribution in [0.2, 0.25) is 0 Å². The third-order valence-corrected chi connectivity index (χ3v) is 1.56. The minimum atomic E-state index is 1.29. The third-order valence-electron chi connectivity index (χ3n) is 1.56.